The molecule has 1 aliphatic heterocycles. The van der Waals surface area contributed by atoms with Gasteiger partial charge in [0.2, 0.25) is 0 Å². The summed E-state index contributed by atoms with van der Waals surface area (Å²) in [6, 6.07) is -0.524. The minimum absolute atomic E-state index is 0.239. The van der Waals surface area contributed by atoms with E-state index in [1.54, 1.807) is 0 Å². The van der Waals surface area contributed by atoms with E-state index < -0.39 is 30.4 Å². The second kappa shape index (κ2) is 9.99. The third-order valence-electron chi connectivity index (χ3n) is 4.05. The second-order valence-corrected chi connectivity index (χ2v) is 5.80. The summed E-state index contributed by atoms with van der Waals surface area (Å²) >= 11 is 0. The molecule has 0 spiro atoms. The first-order chi connectivity index (χ1) is 10.5. The molecule has 7 nitrogen and oxygen atoms in total. The molecule has 0 bridgehead atoms. The van der Waals surface area contributed by atoms with E-state index in [2.05, 4.69) is 12.2 Å². The maximum atomic E-state index is 11.7. The molecule has 0 saturated carbocycles. The summed E-state index contributed by atoms with van der Waals surface area (Å²) in [5, 5.41) is 32.3. The first kappa shape index (κ1) is 19.2. The van der Waals surface area contributed by atoms with Crippen molar-refractivity contribution in [3.05, 3.63) is 0 Å². The average molecular weight is 318 g/mol. The fourth-order valence-corrected chi connectivity index (χ4v) is 2.63. The molecular formula is C15H30N2O5. The van der Waals surface area contributed by atoms with Crippen LogP contribution in [0.4, 0.5) is 4.79 Å². The zero-order chi connectivity index (χ0) is 16.5. The highest BCUT2D eigenvalue weighted by atomic mass is 16.6. The van der Waals surface area contributed by atoms with Gasteiger partial charge in [0.1, 0.15) is 18.3 Å². The lowest BCUT2D eigenvalue weighted by Crippen LogP contribution is -2.63. The number of rotatable bonds is 8. The van der Waals surface area contributed by atoms with E-state index in [4.69, 9.17) is 4.74 Å². The van der Waals surface area contributed by atoms with Gasteiger partial charge in [0.05, 0.1) is 12.6 Å². The van der Waals surface area contributed by atoms with E-state index in [-0.39, 0.29) is 6.61 Å². The molecule has 0 aromatic heterocycles. The monoisotopic (exact) mass is 318 g/mol. The number of aliphatic hydroxyl groups excluding tert-OH is 3. The minimum Gasteiger partial charge on any atom is -0.442 e. The van der Waals surface area contributed by atoms with Crippen LogP contribution >= 0.6 is 0 Å². The summed E-state index contributed by atoms with van der Waals surface area (Å²) in [5.74, 6) is 0. The van der Waals surface area contributed by atoms with E-state index in [0.29, 0.717) is 19.6 Å². The number of carbonyl (C=O) groups excluding carboxylic acids is 1. The Morgan fingerprint density at radius 2 is 1.91 bits per heavy atom. The molecule has 7 heteroatoms. The van der Waals surface area contributed by atoms with Crippen molar-refractivity contribution in [3.63, 3.8) is 0 Å². The fourth-order valence-electron chi connectivity index (χ4n) is 2.63. The Kier molecular flexibility index (Phi) is 8.70. The topological polar surface area (TPSA) is 102 Å². The molecule has 1 amide bonds. The number of aliphatic hydroxyl groups is 3. The Balaban J connectivity index is 2.59. The molecule has 0 aromatic carbocycles. The van der Waals surface area contributed by atoms with E-state index in [9.17, 15) is 20.1 Å². The molecule has 22 heavy (non-hydrogen) atoms. The van der Waals surface area contributed by atoms with Crippen molar-refractivity contribution in [3.8, 4) is 0 Å². The molecule has 0 unspecified atom stereocenters. The lowest BCUT2D eigenvalue weighted by atomic mass is 9.94. The summed E-state index contributed by atoms with van der Waals surface area (Å²) < 4.78 is 5.24. The largest absolute Gasteiger partial charge is 0.442 e. The van der Waals surface area contributed by atoms with Crippen molar-refractivity contribution >= 4 is 6.09 Å². The van der Waals surface area contributed by atoms with Crippen molar-refractivity contribution in [2.45, 2.75) is 63.9 Å². The Bertz CT molecular complexity index is 329. The molecule has 130 valence electrons. The first-order valence-electron chi connectivity index (χ1n) is 8.20. The van der Waals surface area contributed by atoms with Gasteiger partial charge in [-0.25, -0.2) is 4.79 Å². The molecule has 1 rings (SSSR count). The molecule has 0 radical (unpaired) electrons. The SMILES string of the molecule is CCCCNC(=O)O[C@H]1CN(CCCC)[C@H](CO)[C@@H](O)[C@@H]1O. The molecule has 4 atom stereocenters. The number of likely N-dealkylation sites (tertiary alicyclic amines) is 1. The predicted molar refractivity (Wildman–Crippen MR) is 82.5 cm³/mol. The van der Waals surface area contributed by atoms with Crippen molar-refractivity contribution in [1.82, 2.24) is 10.2 Å². The number of ether oxygens (including phenoxy) is 1. The van der Waals surface area contributed by atoms with E-state index >= 15 is 0 Å². The molecule has 4 N–H and O–H groups in total. The third-order valence-corrected chi connectivity index (χ3v) is 4.05. The Hall–Kier alpha value is -0.890. The summed E-state index contributed by atoms with van der Waals surface area (Å²) in [5.41, 5.74) is 0. The Labute approximate surface area is 132 Å². The summed E-state index contributed by atoms with van der Waals surface area (Å²) in [6.07, 6.45) is 0.0223. The van der Waals surface area contributed by atoms with Crippen molar-refractivity contribution in [1.29, 1.82) is 0 Å². The summed E-state index contributed by atoms with van der Waals surface area (Å²) in [4.78, 5) is 13.6. The van der Waals surface area contributed by atoms with Crippen LogP contribution in [0.15, 0.2) is 0 Å². The highest BCUT2D eigenvalue weighted by Gasteiger charge is 2.43. The number of unbranched alkanes of at least 4 members (excludes halogenated alkanes) is 2. The normalized spacial score (nSPS) is 29.3. The van der Waals surface area contributed by atoms with Crippen LogP contribution in [0.25, 0.3) is 0 Å². The van der Waals surface area contributed by atoms with Crippen molar-refractivity contribution < 1.29 is 24.9 Å². The van der Waals surface area contributed by atoms with Crippen LogP contribution < -0.4 is 5.32 Å². The quantitative estimate of drug-likeness (QED) is 0.473. The summed E-state index contributed by atoms with van der Waals surface area (Å²) in [7, 11) is 0. The van der Waals surface area contributed by atoms with Gasteiger partial charge in [-0.2, -0.15) is 0 Å². The molecule has 1 fully saturated rings. The maximum Gasteiger partial charge on any atom is 0.407 e. The third kappa shape index (κ3) is 5.39. The van der Waals surface area contributed by atoms with E-state index in [1.807, 2.05) is 11.8 Å². The van der Waals surface area contributed by atoms with Gasteiger partial charge in [-0.1, -0.05) is 26.7 Å². The first-order valence-corrected chi connectivity index (χ1v) is 8.20. The van der Waals surface area contributed by atoms with Gasteiger partial charge in [0.25, 0.3) is 0 Å². The van der Waals surface area contributed by atoms with Crippen LogP contribution in [0, 0.1) is 0 Å². The molecule has 0 aliphatic carbocycles. The number of piperidine rings is 1. The van der Waals surface area contributed by atoms with Gasteiger partial charge < -0.3 is 25.4 Å². The van der Waals surface area contributed by atoms with Gasteiger partial charge in [0.15, 0.2) is 0 Å². The smallest absolute Gasteiger partial charge is 0.407 e. The van der Waals surface area contributed by atoms with Crippen LogP contribution in [-0.4, -0.2) is 76.9 Å². The second-order valence-electron chi connectivity index (χ2n) is 5.80. The Morgan fingerprint density at radius 1 is 1.23 bits per heavy atom. The summed E-state index contributed by atoms with van der Waals surface area (Å²) in [6.45, 7) is 5.36. The molecule has 0 aromatic rings. The van der Waals surface area contributed by atoms with Gasteiger partial charge in [-0.3, -0.25) is 4.90 Å². The average Bonchev–Trinajstić information content (AvgIpc) is 2.50. The van der Waals surface area contributed by atoms with Crippen molar-refractivity contribution in [2.75, 3.05) is 26.2 Å². The lowest BCUT2D eigenvalue weighted by molar-refractivity contribution is -0.145. The van der Waals surface area contributed by atoms with Crippen LogP contribution in [0.2, 0.25) is 0 Å². The van der Waals surface area contributed by atoms with Gasteiger partial charge in [-0.15, -0.1) is 0 Å². The highest BCUT2D eigenvalue weighted by Crippen LogP contribution is 2.21. The maximum absolute atomic E-state index is 11.7. The zero-order valence-electron chi connectivity index (χ0n) is 13.6. The highest BCUT2D eigenvalue weighted by molar-refractivity contribution is 5.67. The molecule has 1 heterocycles. The van der Waals surface area contributed by atoms with E-state index in [1.165, 1.54) is 0 Å². The van der Waals surface area contributed by atoms with Gasteiger partial charge >= 0.3 is 6.09 Å². The standard InChI is InChI=1S/C15H30N2O5/c1-3-5-7-16-15(21)22-12-9-17(8-6-4-2)11(10-18)13(19)14(12)20/h11-14,18-20H,3-10H2,1-2H3,(H,16,21)/t11-,12+,13-,14-/m1/s1. The number of hydrogen-bond donors (Lipinski definition) is 4. The minimum atomic E-state index is -1.19. The van der Waals surface area contributed by atoms with Crippen LogP contribution in [0.1, 0.15) is 39.5 Å². The lowest BCUT2D eigenvalue weighted by Gasteiger charge is -2.44. The van der Waals surface area contributed by atoms with Gasteiger partial charge in [-0.05, 0) is 19.4 Å². The number of hydrogen-bond acceptors (Lipinski definition) is 6. The number of carbonyl (C=O) groups is 1. The van der Waals surface area contributed by atoms with Crippen molar-refractivity contribution in [2.24, 2.45) is 0 Å². The molecule has 1 saturated heterocycles. The number of nitrogens with zero attached hydrogens (tertiary/aromatic N) is 1. The van der Waals surface area contributed by atoms with Crippen LogP contribution in [0.5, 0.6) is 0 Å². The van der Waals surface area contributed by atoms with Crippen LogP contribution in [-0.2, 0) is 4.74 Å². The molecule has 1 aliphatic rings. The van der Waals surface area contributed by atoms with Crippen LogP contribution in [0.3, 0.4) is 0 Å². The number of nitrogens with one attached hydrogen (secondary N) is 1. The number of alkyl carbamates (subject to hydrolysis) is 1. The predicted octanol–water partition coefficient (Wildman–Crippen LogP) is 0.0797. The van der Waals surface area contributed by atoms with Gasteiger partial charge in [0, 0.05) is 13.1 Å². The Morgan fingerprint density at radius 3 is 2.50 bits per heavy atom. The molecular weight excluding hydrogens is 288 g/mol. The zero-order valence-corrected chi connectivity index (χ0v) is 13.6. The fraction of sp³-hybridized carbons (Fsp3) is 0.933. The van der Waals surface area contributed by atoms with E-state index in [0.717, 1.165) is 25.7 Å². The number of amides is 1.